The third-order valence-corrected chi connectivity index (χ3v) is 3.54. The summed E-state index contributed by atoms with van der Waals surface area (Å²) in [5, 5.41) is 36.2. The van der Waals surface area contributed by atoms with Gasteiger partial charge in [0.25, 0.3) is 0 Å². The number of aliphatic hydroxyl groups excluding tert-OH is 2. The van der Waals surface area contributed by atoms with Crippen molar-refractivity contribution in [1.82, 2.24) is 0 Å². The van der Waals surface area contributed by atoms with Gasteiger partial charge in [-0.25, -0.2) is 0 Å². The van der Waals surface area contributed by atoms with E-state index in [2.05, 4.69) is 0 Å². The van der Waals surface area contributed by atoms with Crippen LogP contribution in [-0.2, 0) is 4.79 Å². The summed E-state index contributed by atoms with van der Waals surface area (Å²) in [5.74, 6) is -2.47. The minimum atomic E-state index is -1.71. The van der Waals surface area contributed by atoms with Gasteiger partial charge in [0.2, 0.25) is 0 Å². The summed E-state index contributed by atoms with van der Waals surface area (Å²) >= 11 is 0. The topological polar surface area (TPSA) is 124 Å². The number of carboxylic acid groups (broad SMARTS) is 1. The Morgan fingerprint density at radius 2 is 2.07 bits per heavy atom. The van der Waals surface area contributed by atoms with Crippen molar-refractivity contribution < 1.29 is 25.2 Å². The quantitative estimate of drug-likeness (QED) is 0.322. The van der Waals surface area contributed by atoms with Gasteiger partial charge in [-0.15, -0.1) is 0 Å². The summed E-state index contributed by atoms with van der Waals surface area (Å²) in [6.45, 7) is 0. The second kappa shape index (κ2) is 2.66. The van der Waals surface area contributed by atoms with Gasteiger partial charge in [0.05, 0.1) is 6.10 Å². The van der Waals surface area contributed by atoms with Crippen molar-refractivity contribution in [2.45, 2.75) is 24.4 Å². The maximum absolute atomic E-state index is 10.9. The van der Waals surface area contributed by atoms with Gasteiger partial charge in [0, 0.05) is 11.8 Å². The second-order valence-electron chi connectivity index (χ2n) is 4.17. The number of hydrogen-bond acceptors (Lipinski definition) is 5. The Balaban J connectivity index is 2.22. The molecule has 2 saturated carbocycles. The zero-order valence-electron chi connectivity index (χ0n) is 7.37. The maximum atomic E-state index is 10.9. The lowest BCUT2D eigenvalue weighted by atomic mass is 9.89. The van der Waals surface area contributed by atoms with Crippen LogP contribution in [0, 0.1) is 17.8 Å². The maximum Gasteiger partial charge on any atom is 0.326 e. The Bertz CT molecular complexity index is 281. The molecule has 2 rings (SSSR count). The van der Waals surface area contributed by atoms with Crippen molar-refractivity contribution in [3.8, 4) is 0 Å². The highest BCUT2D eigenvalue weighted by molar-refractivity contribution is 5.81. The first kappa shape index (κ1) is 9.85. The predicted octanol–water partition coefficient (Wildman–Crippen LogP) is -2.29. The minimum absolute atomic E-state index is 0.175. The highest BCUT2D eigenvalue weighted by Gasteiger charge is 2.72. The third-order valence-electron chi connectivity index (χ3n) is 3.54. The highest BCUT2D eigenvalue weighted by atomic mass is 16.5. The predicted molar refractivity (Wildman–Crippen MR) is 43.9 cm³/mol. The Morgan fingerprint density at radius 3 is 2.50 bits per heavy atom. The molecule has 2 fully saturated rings. The molecule has 2 aliphatic carbocycles. The molecule has 0 bridgehead atoms. The molecule has 6 N–H and O–H groups in total. The van der Waals surface area contributed by atoms with Gasteiger partial charge in [0.1, 0.15) is 5.54 Å². The van der Waals surface area contributed by atoms with Gasteiger partial charge in [0.15, 0.2) is 6.29 Å². The molecular weight excluding hydrogens is 190 g/mol. The molecule has 5 unspecified atom stereocenters. The molecule has 5 atom stereocenters. The van der Waals surface area contributed by atoms with Gasteiger partial charge in [-0.3, -0.25) is 4.79 Å². The van der Waals surface area contributed by atoms with Gasteiger partial charge in [-0.05, 0) is 12.3 Å². The lowest BCUT2D eigenvalue weighted by Crippen LogP contribution is -2.58. The van der Waals surface area contributed by atoms with Crippen LogP contribution >= 0.6 is 0 Å². The molecule has 0 aromatic rings. The van der Waals surface area contributed by atoms with E-state index in [9.17, 15) is 9.90 Å². The number of carboxylic acids is 1. The molecule has 6 nitrogen and oxygen atoms in total. The molecule has 6 heteroatoms. The van der Waals surface area contributed by atoms with Crippen molar-refractivity contribution in [1.29, 1.82) is 0 Å². The van der Waals surface area contributed by atoms with Gasteiger partial charge < -0.3 is 26.2 Å². The van der Waals surface area contributed by atoms with Crippen LogP contribution in [0.5, 0.6) is 0 Å². The SMILES string of the molecule is NC1(C(=O)O)C(O)CC2C(C(O)O)C21. The van der Waals surface area contributed by atoms with E-state index in [1.807, 2.05) is 0 Å². The Kier molecular flexibility index (Phi) is 1.87. The van der Waals surface area contributed by atoms with Crippen molar-refractivity contribution in [2.75, 3.05) is 0 Å². The summed E-state index contributed by atoms with van der Waals surface area (Å²) in [5.41, 5.74) is 3.88. The first-order valence-electron chi connectivity index (χ1n) is 4.47. The second-order valence-corrected chi connectivity index (χ2v) is 4.17. The Labute approximate surface area is 80.0 Å². The zero-order valence-corrected chi connectivity index (χ0v) is 7.37. The normalized spacial score (nSPS) is 50.6. The first-order valence-corrected chi connectivity index (χ1v) is 4.47. The molecule has 0 radical (unpaired) electrons. The van der Waals surface area contributed by atoms with Crippen LogP contribution in [0.3, 0.4) is 0 Å². The van der Waals surface area contributed by atoms with Crippen LogP contribution in [0.15, 0.2) is 0 Å². The van der Waals surface area contributed by atoms with Gasteiger partial charge >= 0.3 is 5.97 Å². The van der Waals surface area contributed by atoms with Gasteiger partial charge in [-0.2, -0.15) is 0 Å². The summed E-state index contributed by atoms with van der Waals surface area (Å²) in [7, 11) is 0. The van der Waals surface area contributed by atoms with E-state index in [0.717, 1.165) is 0 Å². The number of rotatable bonds is 2. The summed E-state index contributed by atoms with van der Waals surface area (Å²) < 4.78 is 0. The number of nitrogens with two attached hydrogens (primary N) is 1. The van der Waals surface area contributed by atoms with Crippen molar-refractivity contribution in [3.63, 3.8) is 0 Å². The van der Waals surface area contributed by atoms with Crippen molar-refractivity contribution >= 4 is 5.97 Å². The molecule has 0 aromatic heterocycles. The van der Waals surface area contributed by atoms with Crippen LogP contribution in [0.1, 0.15) is 6.42 Å². The molecule has 0 amide bonds. The molecule has 0 saturated heterocycles. The fourth-order valence-corrected chi connectivity index (χ4v) is 2.74. The van der Waals surface area contributed by atoms with E-state index in [1.165, 1.54) is 0 Å². The number of hydrogen-bond donors (Lipinski definition) is 5. The average molecular weight is 203 g/mol. The summed E-state index contributed by atoms with van der Waals surface area (Å²) in [4.78, 5) is 10.9. The third kappa shape index (κ3) is 0.964. The van der Waals surface area contributed by atoms with Crippen molar-refractivity contribution in [2.24, 2.45) is 23.5 Å². The summed E-state index contributed by atoms with van der Waals surface area (Å²) in [6.07, 6.45) is -2.40. The smallest absolute Gasteiger partial charge is 0.326 e. The van der Waals surface area contributed by atoms with E-state index in [-0.39, 0.29) is 12.3 Å². The minimum Gasteiger partial charge on any atom is -0.480 e. The van der Waals surface area contributed by atoms with E-state index >= 15 is 0 Å². The van der Waals surface area contributed by atoms with Crippen molar-refractivity contribution in [3.05, 3.63) is 0 Å². The van der Waals surface area contributed by atoms with E-state index in [0.29, 0.717) is 0 Å². The van der Waals surface area contributed by atoms with Crippen LogP contribution in [0.2, 0.25) is 0 Å². The van der Waals surface area contributed by atoms with Gasteiger partial charge in [-0.1, -0.05) is 0 Å². The molecular formula is C8H13NO5. The standard InChI is InChI=1S/C8H13NO5/c9-8(7(13)14)3(10)1-2-4(5(2)8)6(11)12/h2-6,10-12H,1,9H2,(H,13,14). The molecule has 0 aromatic carbocycles. The van der Waals surface area contributed by atoms with Crippen LogP contribution in [-0.4, -0.2) is 44.3 Å². The fraction of sp³-hybridized carbons (Fsp3) is 0.875. The van der Waals surface area contributed by atoms with E-state index in [1.54, 1.807) is 0 Å². The lowest BCUT2D eigenvalue weighted by Gasteiger charge is -2.27. The number of aliphatic carboxylic acids is 1. The Hall–Kier alpha value is -0.690. The number of fused-ring (bicyclic) bond motifs is 1. The summed E-state index contributed by atoms with van der Waals surface area (Å²) in [6, 6.07) is 0. The fourth-order valence-electron chi connectivity index (χ4n) is 2.74. The molecule has 0 aliphatic heterocycles. The van der Waals surface area contributed by atoms with E-state index < -0.39 is 35.7 Å². The molecule has 80 valence electrons. The van der Waals surface area contributed by atoms with Crippen LogP contribution in [0.25, 0.3) is 0 Å². The monoisotopic (exact) mass is 203 g/mol. The average Bonchev–Trinajstić information content (AvgIpc) is 2.70. The Morgan fingerprint density at radius 1 is 1.50 bits per heavy atom. The zero-order chi connectivity index (χ0) is 10.7. The number of carbonyl (C=O) groups is 1. The number of aliphatic hydroxyl groups is 3. The first-order chi connectivity index (χ1) is 6.40. The van der Waals surface area contributed by atoms with Crippen LogP contribution < -0.4 is 5.73 Å². The largest absolute Gasteiger partial charge is 0.480 e. The molecule has 0 heterocycles. The molecule has 14 heavy (non-hydrogen) atoms. The van der Waals surface area contributed by atoms with Crippen LogP contribution in [0.4, 0.5) is 0 Å². The lowest BCUT2D eigenvalue weighted by molar-refractivity contribution is -0.149. The van der Waals surface area contributed by atoms with E-state index in [4.69, 9.17) is 21.1 Å². The highest BCUT2D eigenvalue weighted by Crippen LogP contribution is 2.62. The molecule has 2 aliphatic rings. The molecule has 0 spiro atoms.